The van der Waals surface area contributed by atoms with Gasteiger partial charge < -0.3 is 24.3 Å². The number of para-hydroxylation sites is 1. The number of fused-ring (bicyclic) bond motifs is 1. The molecular formula is C21H23NO6S. The summed E-state index contributed by atoms with van der Waals surface area (Å²) < 4.78 is 21.3. The van der Waals surface area contributed by atoms with E-state index >= 15 is 0 Å². The van der Waals surface area contributed by atoms with Crippen molar-refractivity contribution in [2.75, 3.05) is 39.2 Å². The Morgan fingerprint density at radius 2 is 1.90 bits per heavy atom. The van der Waals surface area contributed by atoms with Crippen LogP contribution in [-0.4, -0.2) is 51.1 Å². The molecule has 0 aliphatic carbocycles. The lowest BCUT2D eigenvalue weighted by Crippen LogP contribution is -2.30. The zero-order valence-corrected chi connectivity index (χ0v) is 17.0. The number of esters is 1. The van der Waals surface area contributed by atoms with E-state index in [1.807, 2.05) is 42.5 Å². The molecule has 2 aromatic rings. The van der Waals surface area contributed by atoms with Gasteiger partial charge in [-0.25, -0.2) is 0 Å². The van der Waals surface area contributed by atoms with Crippen molar-refractivity contribution in [1.29, 1.82) is 0 Å². The van der Waals surface area contributed by atoms with Crippen LogP contribution in [-0.2, 0) is 20.7 Å². The Balaban J connectivity index is 1.34. The van der Waals surface area contributed by atoms with Gasteiger partial charge in [0.05, 0.1) is 12.9 Å². The number of methoxy groups -OCH3 is 1. The molecule has 0 unspecified atom stereocenters. The summed E-state index contributed by atoms with van der Waals surface area (Å²) in [7, 11) is 1.61. The molecule has 0 radical (unpaired) electrons. The quantitative estimate of drug-likeness (QED) is 0.496. The van der Waals surface area contributed by atoms with Crippen LogP contribution in [0.15, 0.2) is 47.4 Å². The van der Waals surface area contributed by atoms with Gasteiger partial charge >= 0.3 is 5.97 Å². The fourth-order valence-electron chi connectivity index (χ4n) is 2.74. The summed E-state index contributed by atoms with van der Waals surface area (Å²) in [6.07, 6.45) is 0.629. The molecular weight excluding hydrogens is 394 g/mol. The van der Waals surface area contributed by atoms with Gasteiger partial charge in [0.1, 0.15) is 19.0 Å². The summed E-state index contributed by atoms with van der Waals surface area (Å²) in [5, 5.41) is 2.74. The highest BCUT2D eigenvalue weighted by molar-refractivity contribution is 8.00. The number of rotatable bonds is 9. The lowest BCUT2D eigenvalue weighted by atomic mass is 10.1. The summed E-state index contributed by atoms with van der Waals surface area (Å²) in [4.78, 5) is 24.6. The highest BCUT2D eigenvalue weighted by atomic mass is 32.2. The van der Waals surface area contributed by atoms with Gasteiger partial charge in [0.15, 0.2) is 18.1 Å². The third-order valence-corrected chi connectivity index (χ3v) is 5.11. The molecule has 0 fully saturated rings. The van der Waals surface area contributed by atoms with Gasteiger partial charge in [-0.2, -0.15) is 0 Å². The first-order valence-corrected chi connectivity index (χ1v) is 10.2. The summed E-state index contributed by atoms with van der Waals surface area (Å²) >= 11 is 1.32. The van der Waals surface area contributed by atoms with Crippen molar-refractivity contribution < 1.29 is 28.5 Å². The second kappa shape index (κ2) is 10.6. The SMILES string of the molecule is COc1ccccc1CCNC(=O)COC(=O)CSc1ccc2c(c1)OCCO2. The zero-order valence-electron chi connectivity index (χ0n) is 16.1. The van der Waals surface area contributed by atoms with Crippen LogP contribution >= 0.6 is 11.8 Å². The van der Waals surface area contributed by atoms with E-state index in [2.05, 4.69) is 5.32 Å². The van der Waals surface area contributed by atoms with Crippen LogP contribution in [0.1, 0.15) is 5.56 Å². The summed E-state index contributed by atoms with van der Waals surface area (Å²) in [6.45, 7) is 1.18. The van der Waals surface area contributed by atoms with E-state index in [1.54, 1.807) is 7.11 Å². The predicted octanol–water partition coefficient (Wildman–Crippen LogP) is 2.46. The second-order valence-corrected chi connectivity index (χ2v) is 7.22. The first-order chi connectivity index (χ1) is 14.2. The average Bonchev–Trinajstić information content (AvgIpc) is 2.76. The topological polar surface area (TPSA) is 83.1 Å². The first kappa shape index (κ1) is 20.9. The van der Waals surface area contributed by atoms with E-state index in [-0.39, 0.29) is 18.3 Å². The number of carbonyl (C=O) groups is 2. The molecule has 0 atom stereocenters. The van der Waals surface area contributed by atoms with Gasteiger partial charge in [-0.05, 0) is 36.2 Å². The van der Waals surface area contributed by atoms with Crippen molar-refractivity contribution in [1.82, 2.24) is 5.32 Å². The zero-order chi connectivity index (χ0) is 20.5. The second-order valence-electron chi connectivity index (χ2n) is 6.17. The van der Waals surface area contributed by atoms with Crippen LogP contribution in [0.5, 0.6) is 17.2 Å². The molecule has 8 heteroatoms. The average molecular weight is 417 g/mol. The number of ether oxygens (including phenoxy) is 4. The molecule has 1 N–H and O–H groups in total. The fourth-order valence-corrected chi connectivity index (χ4v) is 3.46. The van der Waals surface area contributed by atoms with E-state index in [1.165, 1.54) is 11.8 Å². The molecule has 0 bridgehead atoms. The minimum absolute atomic E-state index is 0.105. The van der Waals surface area contributed by atoms with Crippen molar-refractivity contribution >= 4 is 23.6 Å². The number of benzene rings is 2. The molecule has 1 heterocycles. The monoisotopic (exact) mass is 417 g/mol. The Morgan fingerprint density at radius 1 is 1.10 bits per heavy atom. The van der Waals surface area contributed by atoms with E-state index in [0.29, 0.717) is 37.7 Å². The molecule has 1 aliphatic rings. The Labute approximate surface area is 173 Å². The maximum Gasteiger partial charge on any atom is 0.316 e. The van der Waals surface area contributed by atoms with E-state index in [9.17, 15) is 9.59 Å². The highest BCUT2D eigenvalue weighted by Crippen LogP contribution is 2.34. The first-order valence-electron chi connectivity index (χ1n) is 9.22. The van der Waals surface area contributed by atoms with Gasteiger partial charge in [0, 0.05) is 11.4 Å². The number of hydrogen-bond acceptors (Lipinski definition) is 7. The molecule has 0 spiro atoms. The number of thioether (sulfide) groups is 1. The van der Waals surface area contributed by atoms with Crippen LogP contribution in [0.2, 0.25) is 0 Å². The van der Waals surface area contributed by atoms with Gasteiger partial charge in [0.25, 0.3) is 5.91 Å². The van der Waals surface area contributed by atoms with Crippen LogP contribution in [0.25, 0.3) is 0 Å². The van der Waals surface area contributed by atoms with Crippen molar-refractivity contribution in [3.05, 3.63) is 48.0 Å². The van der Waals surface area contributed by atoms with E-state index in [0.717, 1.165) is 16.2 Å². The van der Waals surface area contributed by atoms with Crippen LogP contribution < -0.4 is 19.5 Å². The Bertz CT molecular complexity index is 857. The van der Waals surface area contributed by atoms with Gasteiger partial charge in [-0.1, -0.05) is 18.2 Å². The van der Waals surface area contributed by atoms with Gasteiger partial charge in [0.2, 0.25) is 0 Å². The molecule has 154 valence electrons. The molecule has 0 saturated heterocycles. The minimum atomic E-state index is -0.454. The van der Waals surface area contributed by atoms with Crippen molar-refractivity contribution in [2.24, 2.45) is 0 Å². The molecule has 0 saturated carbocycles. The maximum absolute atomic E-state index is 11.9. The summed E-state index contributed by atoms with van der Waals surface area (Å²) in [6, 6.07) is 13.1. The molecule has 29 heavy (non-hydrogen) atoms. The third-order valence-electron chi connectivity index (χ3n) is 4.14. The number of amides is 1. The minimum Gasteiger partial charge on any atom is -0.496 e. The van der Waals surface area contributed by atoms with Gasteiger partial charge in [-0.3, -0.25) is 9.59 Å². The summed E-state index contributed by atoms with van der Waals surface area (Å²) in [5.41, 5.74) is 1.00. The molecule has 0 aromatic heterocycles. The largest absolute Gasteiger partial charge is 0.496 e. The van der Waals surface area contributed by atoms with Crippen LogP contribution in [0.3, 0.4) is 0 Å². The Kier molecular flexibility index (Phi) is 7.63. The molecule has 3 rings (SSSR count). The Hall–Kier alpha value is -2.87. The molecule has 7 nitrogen and oxygen atoms in total. The molecule has 1 aliphatic heterocycles. The number of hydrogen-bond donors (Lipinski definition) is 1. The number of carbonyl (C=O) groups excluding carboxylic acids is 2. The molecule has 1 amide bonds. The van der Waals surface area contributed by atoms with E-state index in [4.69, 9.17) is 18.9 Å². The Morgan fingerprint density at radius 3 is 2.72 bits per heavy atom. The predicted molar refractivity (Wildman–Crippen MR) is 109 cm³/mol. The normalized spacial score (nSPS) is 12.2. The highest BCUT2D eigenvalue weighted by Gasteiger charge is 2.13. The third kappa shape index (κ3) is 6.32. The van der Waals surface area contributed by atoms with Crippen molar-refractivity contribution in [3.8, 4) is 17.2 Å². The van der Waals surface area contributed by atoms with Crippen LogP contribution in [0, 0.1) is 0 Å². The van der Waals surface area contributed by atoms with Crippen molar-refractivity contribution in [2.45, 2.75) is 11.3 Å². The summed E-state index contributed by atoms with van der Waals surface area (Å²) in [5.74, 6) is 1.47. The van der Waals surface area contributed by atoms with Crippen LogP contribution in [0.4, 0.5) is 0 Å². The standard InChI is InChI=1S/C21H23NO6S/c1-25-17-5-3-2-4-15(17)8-9-22-20(23)13-28-21(24)14-29-16-6-7-18-19(12-16)27-11-10-26-18/h2-7,12H,8-11,13-14H2,1H3,(H,22,23). The van der Waals surface area contributed by atoms with E-state index < -0.39 is 5.97 Å². The maximum atomic E-state index is 11.9. The lowest BCUT2D eigenvalue weighted by molar-refractivity contribution is -0.145. The lowest BCUT2D eigenvalue weighted by Gasteiger charge is -2.18. The van der Waals surface area contributed by atoms with Gasteiger partial charge in [-0.15, -0.1) is 11.8 Å². The fraction of sp³-hybridized carbons (Fsp3) is 0.333. The molecule has 2 aromatic carbocycles. The number of nitrogens with one attached hydrogen (secondary N) is 1. The van der Waals surface area contributed by atoms with Crippen molar-refractivity contribution in [3.63, 3.8) is 0 Å². The smallest absolute Gasteiger partial charge is 0.316 e.